The number of ketones is 2. The number of aromatic hydroxyl groups is 1. The number of carbonyl (C=O) groups is 2. The normalized spacial score (nSPS) is 10.1. The monoisotopic (exact) mass is 285 g/mol. The average Bonchev–Trinajstić information content (AvgIpc) is 2.52. The molecule has 1 aromatic heterocycles. The van der Waals surface area contributed by atoms with Crippen LogP contribution in [0.1, 0.15) is 33.6 Å². The van der Waals surface area contributed by atoms with Crippen molar-refractivity contribution in [1.29, 1.82) is 0 Å². The summed E-state index contributed by atoms with van der Waals surface area (Å²) in [7, 11) is 1.48. The minimum absolute atomic E-state index is 0.0353. The molecule has 0 bridgehead atoms. The molecular formula is C16H15NO4. The predicted molar refractivity (Wildman–Crippen MR) is 76.8 cm³/mol. The Kier molecular flexibility index (Phi) is 4.66. The van der Waals surface area contributed by atoms with E-state index >= 15 is 0 Å². The molecule has 108 valence electrons. The van der Waals surface area contributed by atoms with E-state index in [4.69, 9.17) is 4.74 Å². The minimum Gasteiger partial charge on any atom is -0.507 e. The summed E-state index contributed by atoms with van der Waals surface area (Å²) < 4.78 is 4.95. The van der Waals surface area contributed by atoms with Gasteiger partial charge in [-0.1, -0.05) is 0 Å². The summed E-state index contributed by atoms with van der Waals surface area (Å²) in [6, 6.07) is 7.78. The van der Waals surface area contributed by atoms with Crippen LogP contribution < -0.4 is 4.74 Å². The van der Waals surface area contributed by atoms with Gasteiger partial charge in [-0.15, -0.1) is 0 Å². The lowest BCUT2D eigenvalue weighted by molar-refractivity contribution is 0.0915. The maximum absolute atomic E-state index is 12.0. The van der Waals surface area contributed by atoms with Gasteiger partial charge in [0.1, 0.15) is 11.5 Å². The largest absolute Gasteiger partial charge is 0.507 e. The van der Waals surface area contributed by atoms with Crippen LogP contribution in [0.15, 0.2) is 42.7 Å². The Labute approximate surface area is 122 Å². The van der Waals surface area contributed by atoms with Crippen LogP contribution in [0.25, 0.3) is 0 Å². The third-order valence-electron chi connectivity index (χ3n) is 3.07. The van der Waals surface area contributed by atoms with E-state index in [9.17, 15) is 14.7 Å². The second kappa shape index (κ2) is 6.65. The lowest BCUT2D eigenvalue weighted by Crippen LogP contribution is -2.06. The Morgan fingerprint density at radius 1 is 1.19 bits per heavy atom. The van der Waals surface area contributed by atoms with Crippen molar-refractivity contribution in [2.24, 2.45) is 0 Å². The van der Waals surface area contributed by atoms with Crippen LogP contribution >= 0.6 is 0 Å². The molecule has 5 heteroatoms. The third kappa shape index (κ3) is 3.66. The number of benzene rings is 1. The number of ether oxygens (including phenoxy) is 1. The number of Topliss-reactive ketones (excluding diaryl/α,β-unsaturated/α-hetero) is 2. The van der Waals surface area contributed by atoms with E-state index < -0.39 is 0 Å². The second-order valence-corrected chi connectivity index (χ2v) is 4.47. The Morgan fingerprint density at radius 3 is 2.57 bits per heavy atom. The van der Waals surface area contributed by atoms with Crippen LogP contribution in [0.5, 0.6) is 11.5 Å². The smallest absolute Gasteiger partial charge is 0.167 e. The number of hydrogen-bond donors (Lipinski definition) is 1. The van der Waals surface area contributed by atoms with E-state index in [0.717, 1.165) is 0 Å². The maximum atomic E-state index is 12.0. The Hall–Kier alpha value is -2.69. The van der Waals surface area contributed by atoms with Gasteiger partial charge in [-0.2, -0.15) is 0 Å². The molecule has 21 heavy (non-hydrogen) atoms. The average molecular weight is 285 g/mol. The molecule has 0 fully saturated rings. The van der Waals surface area contributed by atoms with Crippen molar-refractivity contribution >= 4 is 11.6 Å². The number of phenolic OH excluding ortho intramolecular Hbond substituents is 1. The van der Waals surface area contributed by atoms with Crippen molar-refractivity contribution in [1.82, 2.24) is 4.98 Å². The van der Waals surface area contributed by atoms with E-state index in [1.807, 2.05) is 0 Å². The van der Waals surface area contributed by atoms with Gasteiger partial charge in [0.15, 0.2) is 11.6 Å². The van der Waals surface area contributed by atoms with Crippen LogP contribution in [-0.2, 0) is 0 Å². The number of rotatable bonds is 6. The number of carbonyl (C=O) groups excluding carboxylic acids is 2. The molecule has 0 amide bonds. The van der Waals surface area contributed by atoms with Crippen molar-refractivity contribution in [2.75, 3.05) is 7.11 Å². The molecule has 2 rings (SSSR count). The van der Waals surface area contributed by atoms with Gasteiger partial charge in [0.05, 0.1) is 12.7 Å². The van der Waals surface area contributed by atoms with Crippen LogP contribution in [0.2, 0.25) is 0 Å². The molecule has 1 aromatic carbocycles. The second-order valence-electron chi connectivity index (χ2n) is 4.47. The summed E-state index contributed by atoms with van der Waals surface area (Å²) in [6.45, 7) is 0. The van der Waals surface area contributed by atoms with E-state index in [1.54, 1.807) is 24.4 Å². The summed E-state index contributed by atoms with van der Waals surface area (Å²) >= 11 is 0. The topological polar surface area (TPSA) is 76.5 Å². The minimum atomic E-state index is -0.285. The van der Waals surface area contributed by atoms with Crippen molar-refractivity contribution in [2.45, 2.75) is 12.8 Å². The lowest BCUT2D eigenvalue weighted by Gasteiger charge is -2.06. The molecule has 2 aromatic rings. The number of methoxy groups -OCH3 is 1. The number of phenols is 1. The van der Waals surface area contributed by atoms with Crippen LogP contribution in [0.4, 0.5) is 0 Å². The first-order valence-electron chi connectivity index (χ1n) is 6.45. The highest BCUT2D eigenvalue weighted by Gasteiger charge is 2.14. The van der Waals surface area contributed by atoms with Gasteiger partial charge in [0, 0.05) is 36.9 Å². The van der Waals surface area contributed by atoms with Gasteiger partial charge >= 0.3 is 0 Å². The van der Waals surface area contributed by atoms with E-state index in [0.29, 0.717) is 11.3 Å². The summed E-state index contributed by atoms with van der Waals surface area (Å²) in [5, 5.41) is 9.78. The number of aromatic nitrogens is 1. The molecule has 1 heterocycles. The number of hydrogen-bond acceptors (Lipinski definition) is 5. The molecule has 0 aliphatic heterocycles. The van der Waals surface area contributed by atoms with Crippen molar-refractivity contribution in [3.05, 3.63) is 53.9 Å². The van der Waals surface area contributed by atoms with Crippen LogP contribution in [0.3, 0.4) is 0 Å². The quantitative estimate of drug-likeness (QED) is 0.826. The van der Waals surface area contributed by atoms with Gasteiger partial charge in [-0.3, -0.25) is 14.6 Å². The van der Waals surface area contributed by atoms with Crippen molar-refractivity contribution in [3.8, 4) is 11.5 Å². The summed E-state index contributed by atoms with van der Waals surface area (Å²) in [5.74, 6) is -0.111. The first-order valence-corrected chi connectivity index (χ1v) is 6.45. The van der Waals surface area contributed by atoms with Gasteiger partial charge < -0.3 is 9.84 Å². The highest BCUT2D eigenvalue weighted by atomic mass is 16.5. The van der Waals surface area contributed by atoms with Crippen molar-refractivity contribution < 1.29 is 19.4 Å². The molecule has 0 saturated carbocycles. The molecule has 0 radical (unpaired) electrons. The van der Waals surface area contributed by atoms with Crippen LogP contribution in [-0.4, -0.2) is 28.8 Å². The SMILES string of the molecule is COc1ccc(C(=O)CCC(=O)c2cccnc2)c(O)c1. The molecular weight excluding hydrogens is 270 g/mol. The zero-order valence-corrected chi connectivity index (χ0v) is 11.6. The molecule has 0 spiro atoms. The Balaban J connectivity index is 2.01. The lowest BCUT2D eigenvalue weighted by atomic mass is 10.0. The molecule has 0 unspecified atom stereocenters. The molecule has 1 N–H and O–H groups in total. The number of pyridine rings is 1. The fraction of sp³-hybridized carbons (Fsp3) is 0.188. The first-order chi connectivity index (χ1) is 10.1. The molecule has 0 aliphatic rings. The Bertz CT molecular complexity index is 653. The summed E-state index contributed by atoms with van der Waals surface area (Å²) in [6.07, 6.45) is 3.17. The molecule has 0 aliphatic carbocycles. The number of nitrogens with zero attached hydrogens (tertiary/aromatic N) is 1. The molecule has 5 nitrogen and oxygen atoms in total. The van der Waals surface area contributed by atoms with E-state index in [1.165, 1.54) is 25.4 Å². The summed E-state index contributed by atoms with van der Waals surface area (Å²) in [5.41, 5.74) is 0.666. The fourth-order valence-electron chi connectivity index (χ4n) is 1.91. The zero-order chi connectivity index (χ0) is 15.2. The summed E-state index contributed by atoms with van der Waals surface area (Å²) in [4.78, 5) is 27.8. The van der Waals surface area contributed by atoms with Gasteiger partial charge in [0.25, 0.3) is 0 Å². The van der Waals surface area contributed by atoms with Crippen molar-refractivity contribution in [3.63, 3.8) is 0 Å². The van der Waals surface area contributed by atoms with E-state index in [-0.39, 0.29) is 35.7 Å². The predicted octanol–water partition coefficient (Wildman–Crippen LogP) is 2.64. The Morgan fingerprint density at radius 2 is 1.95 bits per heavy atom. The van der Waals surface area contributed by atoms with Crippen LogP contribution in [0, 0.1) is 0 Å². The fourth-order valence-corrected chi connectivity index (χ4v) is 1.91. The molecule has 0 saturated heterocycles. The first kappa shape index (κ1) is 14.7. The van der Waals surface area contributed by atoms with Gasteiger partial charge in [-0.25, -0.2) is 0 Å². The highest BCUT2D eigenvalue weighted by molar-refractivity contribution is 6.03. The van der Waals surface area contributed by atoms with E-state index in [2.05, 4.69) is 4.98 Å². The highest BCUT2D eigenvalue weighted by Crippen LogP contribution is 2.25. The maximum Gasteiger partial charge on any atom is 0.167 e. The van der Waals surface area contributed by atoms with Gasteiger partial charge in [0.2, 0.25) is 0 Å². The standard InChI is InChI=1S/C16H15NO4/c1-21-12-4-5-13(16(20)9-12)15(19)7-6-14(18)11-3-2-8-17-10-11/h2-5,8-10,20H,6-7H2,1H3. The third-order valence-corrected chi connectivity index (χ3v) is 3.07. The zero-order valence-electron chi connectivity index (χ0n) is 11.6. The molecule has 0 atom stereocenters. The van der Waals surface area contributed by atoms with Gasteiger partial charge in [-0.05, 0) is 24.3 Å².